The van der Waals surface area contributed by atoms with Crippen molar-refractivity contribution in [1.29, 1.82) is 5.26 Å². The van der Waals surface area contributed by atoms with E-state index in [-0.39, 0.29) is 11.1 Å². The van der Waals surface area contributed by atoms with Gasteiger partial charge in [-0.15, -0.1) is 0 Å². The summed E-state index contributed by atoms with van der Waals surface area (Å²) in [6.45, 7) is 2.58. The number of ketones is 1. The van der Waals surface area contributed by atoms with Crippen LogP contribution in [-0.4, -0.2) is 42.1 Å². The fraction of sp³-hybridized carbons (Fsp3) is 0.222. The maximum Gasteiger partial charge on any atom is 0.225 e. The molecule has 1 saturated heterocycles. The van der Waals surface area contributed by atoms with E-state index in [1.807, 2.05) is 4.90 Å². The number of nitriles is 1. The number of hydrogen-bond donors (Lipinski definition) is 0. The van der Waals surface area contributed by atoms with E-state index in [2.05, 4.69) is 9.97 Å². The third-order valence-electron chi connectivity index (χ3n) is 3.81. The molecule has 26 heavy (non-hydrogen) atoms. The van der Waals surface area contributed by atoms with E-state index in [1.54, 1.807) is 6.07 Å². The molecule has 1 aromatic carbocycles. The number of nitrogens with zero attached hydrogens (tertiary/aromatic N) is 4. The van der Waals surface area contributed by atoms with Crippen LogP contribution in [0.15, 0.2) is 36.2 Å². The third-order valence-corrected chi connectivity index (χ3v) is 3.81. The quantitative estimate of drug-likeness (QED) is 0.475. The minimum atomic E-state index is -1.15. The molecule has 3 rings (SSSR count). The molecule has 1 fully saturated rings. The second kappa shape index (κ2) is 7.80. The monoisotopic (exact) mass is 356 g/mol. The first-order chi connectivity index (χ1) is 12.6. The van der Waals surface area contributed by atoms with Crippen LogP contribution >= 0.6 is 0 Å². The molecule has 0 atom stereocenters. The van der Waals surface area contributed by atoms with Gasteiger partial charge in [0.05, 0.1) is 13.2 Å². The number of anilines is 1. The van der Waals surface area contributed by atoms with Gasteiger partial charge in [-0.05, 0) is 24.3 Å². The number of ether oxygens (including phenoxy) is 1. The van der Waals surface area contributed by atoms with Gasteiger partial charge in [-0.3, -0.25) is 4.79 Å². The number of carbonyl (C=O) groups excluding carboxylic acids is 1. The molecule has 0 bridgehead atoms. The molecule has 0 radical (unpaired) electrons. The van der Waals surface area contributed by atoms with Crippen molar-refractivity contribution in [2.45, 2.75) is 0 Å². The zero-order chi connectivity index (χ0) is 18.5. The Balaban J connectivity index is 1.80. The number of carbonyl (C=O) groups is 1. The molecule has 1 aliphatic rings. The van der Waals surface area contributed by atoms with Crippen LogP contribution in [0.5, 0.6) is 0 Å². The largest absolute Gasteiger partial charge is 0.378 e. The Morgan fingerprint density at radius 2 is 1.88 bits per heavy atom. The van der Waals surface area contributed by atoms with Gasteiger partial charge in [0.1, 0.15) is 11.6 Å². The highest BCUT2D eigenvalue weighted by atomic mass is 19.2. The fourth-order valence-corrected chi connectivity index (χ4v) is 2.44. The molecule has 0 N–H and O–H groups in total. The molecular formula is C18H14F2N4O2. The average Bonchev–Trinajstić information content (AvgIpc) is 2.69. The van der Waals surface area contributed by atoms with Gasteiger partial charge < -0.3 is 9.64 Å². The molecule has 0 aliphatic carbocycles. The first kappa shape index (κ1) is 17.6. The number of rotatable bonds is 4. The summed E-state index contributed by atoms with van der Waals surface area (Å²) >= 11 is 0. The van der Waals surface area contributed by atoms with Gasteiger partial charge in [-0.25, -0.2) is 18.7 Å². The van der Waals surface area contributed by atoms with Gasteiger partial charge in [0.25, 0.3) is 0 Å². The van der Waals surface area contributed by atoms with E-state index >= 15 is 0 Å². The predicted molar refractivity (Wildman–Crippen MR) is 89.3 cm³/mol. The molecule has 1 aromatic heterocycles. The van der Waals surface area contributed by atoms with Gasteiger partial charge in [0.15, 0.2) is 11.6 Å². The third kappa shape index (κ3) is 3.90. The molecule has 2 heterocycles. The molecule has 1 aliphatic heterocycles. The summed E-state index contributed by atoms with van der Waals surface area (Å²) in [7, 11) is 0. The fourth-order valence-electron chi connectivity index (χ4n) is 2.44. The van der Waals surface area contributed by atoms with Crippen LogP contribution in [0.25, 0.3) is 6.08 Å². The number of aromatic nitrogens is 2. The van der Waals surface area contributed by atoms with E-state index in [0.717, 1.165) is 18.2 Å². The number of allylic oxidation sites excluding steroid dienone is 1. The summed E-state index contributed by atoms with van der Waals surface area (Å²) in [4.78, 5) is 22.7. The van der Waals surface area contributed by atoms with Crippen molar-refractivity contribution < 1.29 is 18.3 Å². The number of morpholine rings is 1. The molecule has 0 spiro atoms. The predicted octanol–water partition coefficient (Wildman–Crippen LogP) is 2.38. The van der Waals surface area contributed by atoms with Crippen LogP contribution in [0.2, 0.25) is 0 Å². The van der Waals surface area contributed by atoms with Crippen LogP contribution in [0, 0.1) is 23.0 Å². The van der Waals surface area contributed by atoms with E-state index in [4.69, 9.17) is 4.74 Å². The summed E-state index contributed by atoms with van der Waals surface area (Å²) in [5.41, 5.74) is 0.121. The van der Waals surface area contributed by atoms with Gasteiger partial charge in [0, 0.05) is 36.6 Å². The smallest absolute Gasteiger partial charge is 0.225 e. The van der Waals surface area contributed by atoms with Crippen molar-refractivity contribution in [2.24, 2.45) is 0 Å². The van der Waals surface area contributed by atoms with E-state index in [9.17, 15) is 18.8 Å². The van der Waals surface area contributed by atoms with Gasteiger partial charge in [0.2, 0.25) is 11.7 Å². The minimum Gasteiger partial charge on any atom is -0.378 e. The van der Waals surface area contributed by atoms with Crippen molar-refractivity contribution in [3.8, 4) is 6.07 Å². The number of benzene rings is 1. The molecule has 6 nitrogen and oxygen atoms in total. The lowest BCUT2D eigenvalue weighted by Crippen LogP contribution is -2.37. The van der Waals surface area contributed by atoms with Crippen LogP contribution in [0.4, 0.5) is 14.7 Å². The topological polar surface area (TPSA) is 79.1 Å². The number of hydrogen-bond acceptors (Lipinski definition) is 6. The van der Waals surface area contributed by atoms with E-state index < -0.39 is 17.4 Å². The maximum atomic E-state index is 13.3. The Morgan fingerprint density at radius 3 is 2.50 bits per heavy atom. The molecule has 0 saturated carbocycles. The Kier molecular flexibility index (Phi) is 5.29. The van der Waals surface area contributed by atoms with Crippen LogP contribution in [-0.2, 0) is 4.74 Å². The first-order valence-corrected chi connectivity index (χ1v) is 7.85. The Bertz CT molecular complexity index is 885. The number of halogens is 2. The molecule has 2 aromatic rings. The second-order valence-corrected chi connectivity index (χ2v) is 5.54. The summed E-state index contributed by atoms with van der Waals surface area (Å²) in [6, 6.07) is 4.51. The SMILES string of the molecule is N#CC(=Cc1cnc(N2CCOCC2)nc1)C(=O)c1ccc(F)c(F)c1. The zero-order valence-electron chi connectivity index (χ0n) is 13.7. The highest BCUT2D eigenvalue weighted by Gasteiger charge is 2.16. The highest BCUT2D eigenvalue weighted by Crippen LogP contribution is 2.16. The summed E-state index contributed by atoms with van der Waals surface area (Å²) in [5.74, 6) is -2.37. The minimum absolute atomic E-state index is 0.109. The average molecular weight is 356 g/mol. The highest BCUT2D eigenvalue weighted by molar-refractivity contribution is 6.14. The summed E-state index contributed by atoms with van der Waals surface area (Å²) in [6.07, 6.45) is 4.30. The van der Waals surface area contributed by atoms with Crippen molar-refractivity contribution in [3.05, 3.63) is 58.9 Å². The Morgan fingerprint density at radius 1 is 1.19 bits per heavy atom. The van der Waals surface area contributed by atoms with Crippen molar-refractivity contribution in [1.82, 2.24) is 9.97 Å². The lowest BCUT2D eigenvalue weighted by molar-refractivity contribution is 0.103. The molecular weight excluding hydrogens is 342 g/mol. The number of Topliss-reactive ketones (excluding diaryl/α,β-unsaturated/α-hetero) is 1. The van der Waals surface area contributed by atoms with Crippen molar-refractivity contribution in [2.75, 3.05) is 31.2 Å². The standard InChI is InChI=1S/C18H14F2N4O2/c19-15-2-1-13(8-16(15)20)17(25)14(9-21)7-12-10-22-18(23-11-12)24-3-5-26-6-4-24/h1-2,7-8,10-11H,3-6H2. The van der Waals surface area contributed by atoms with E-state index in [1.165, 1.54) is 18.5 Å². The normalized spacial score (nSPS) is 14.8. The van der Waals surface area contributed by atoms with Gasteiger partial charge in [-0.1, -0.05) is 0 Å². The lowest BCUT2D eigenvalue weighted by Gasteiger charge is -2.26. The molecule has 8 heteroatoms. The first-order valence-electron chi connectivity index (χ1n) is 7.85. The van der Waals surface area contributed by atoms with Crippen molar-refractivity contribution >= 4 is 17.8 Å². The Hall–Kier alpha value is -3.18. The molecule has 0 amide bonds. The second-order valence-electron chi connectivity index (χ2n) is 5.54. The maximum absolute atomic E-state index is 13.3. The van der Waals surface area contributed by atoms with Crippen LogP contribution in [0.3, 0.4) is 0 Å². The zero-order valence-corrected chi connectivity index (χ0v) is 13.7. The summed E-state index contributed by atoms with van der Waals surface area (Å²) in [5, 5.41) is 9.23. The van der Waals surface area contributed by atoms with Crippen LogP contribution in [0.1, 0.15) is 15.9 Å². The van der Waals surface area contributed by atoms with Gasteiger partial charge in [-0.2, -0.15) is 5.26 Å². The van der Waals surface area contributed by atoms with E-state index in [0.29, 0.717) is 37.8 Å². The molecule has 132 valence electrons. The lowest BCUT2D eigenvalue weighted by atomic mass is 10.0. The Labute approximate surface area is 148 Å². The van der Waals surface area contributed by atoms with Crippen LogP contribution < -0.4 is 4.90 Å². The van der Waals surface area contributed by atoms with Gasteiger partial charge >= 0.3 is 0 Å². The molecule has 0 unspecified atom stereocenters. The van der Waals surface area contributed by atoms with Crippen molar-refractivity contribution in [3.63, 3.8) is 0 Å². The summed E-state index contributed by atoms with van der Waals surface area (Å²) < 4.78 is 31.5.